The van der Waals surface area contributed by atoms with E-state index in [0.717, 1.165) is 16.6 Å². The molecule has 0 N–H and O–H groups in total. The molecular formula is C41H29N. The zero-order valence-electron chi connectivity index (χ0n) is 23.7. The monoisotopic (exact) mass is 535 g/mol. The van der Waals surface area contributed by atoms with Gasteiger partial charge in [-0.05, 0) is 92.7 Å². The number of rotatable bonds is 3. The van der Waals surface area contributed by atoms with Gasteiger partial charge in [0.15, 0.2) is 0 Å². The molecule has 42 heavy (non-hydrogen) atoms. The van der Waals surface area contributed by atoms with Gasteiger partial charge in [0.1, 0.15) is 0 Å². The Bertz CT molecular complexity index is 2310. The van der Waals surface area contributed by atoms with Gasteiger partial charge in [-0.15, -0.1) is 0 Å². The summed E-state index contributed by atoms with van der Waals surface area (Å²) in [5.74, 6) is 0. The van der Waals surface area contributed by atoms with Crippen LogP contribution in [-0.4, -0.2) is 4.98 Å². The molecule has 0 saturated carbocycles. The van der Waals surface area contributed by atoms with E-state index in [-0.39, 0.29) is 0 Å². The Morgan fingerprint density at radius 2 is 0.976 bits per heavy atom. The van der Waals surface area contributed by atoms with Crippen LogP contribution in [-0.2, 0) is 0 Å². The molecule has 0 fully saturated rings. The van der Waals surface area contributed by atoms with Crippen LogP contribution in [0.4, 0.5) is 0 Å². The molecule has 8 rings (SSSR count). The van der Waals surface area contributed by atoms with Crippen LogP contribution in [0.3, 0.4) is 0 Å². The van der Waals surface area contributed by atoms with Crippen molar-refractivity contribution in [1.82, 2.24) is 4.98 Å². The topological polar surface area (TPSA) is 12.9 Å². The van der Waals surface area contributed by atoms with Gasteiger partial charge in [0.25, 0.3) is 0 Å². The van der Waals surface area contributed by atoms with Crippen molar-refractivity contribution >= 4 is 43.2 Å². The second-order valence-corrected chi connectivity index (χ2v) is 11.3. The number of fused-ring (bicyclic) bond motifs is 4. The first-order valence-corrected chi connectivity index (χ1v) is 14.6. The molecule has 1 aromatic heterocycles. The molecule has 198 valence electrons. The summed E-state index contributed by atoms with van der Waals surface area (Å²) in [7, 11) is 0. The molecule has 1 heteroatoms. The molecule has 0 aliphatic rings. The van der Waals surface area contributed by atoms with Crippen molar-refractivity contribution in [3.8, 4) is 33.5 Å². The Morgan fingerprint density at radius 3 is 1.69 bits per heavy atom. The molecule has 0 aliphatic heterocycles. The number of para-hydroxylation sites is 1. The molecule has 0 amide bonds. The first-order valence-electron chi connectivity index (χ1n) is 14.6. The molecular weight excluding hydrogens is 506 g/mol. The van der Waals surface area contributed by atoms with Crippen LogP contribution in [0, 0.1) is 13.8 Å². The van der Waals surface area contributed by atoms with Crippen molar-refractivity contribution in [3.63, 3.8) is 0 Å². The van der Waals surface area contributed by atoms with E-state index < -0.39 is 0 Å². The van der Waals surface area contributed by atoms with Crippen molar-refractivity contribution in [1.29, 1.82) is 0 Å². The van der Waals surface area contributed by atoms with E-state index in [1.807, 2.05) is 0 Å². The fraction of sp³-hybridized carbons (Fsp3) is 0.0488. The summed E-state index contributed by atoms with van der Waals surface area (Å²) in [4.78, 5) is 5.21. The zero-order chi connectivity index (χ0) is 28.2. The van der Waals surface area contributed by atoms with Gasteiger partial charge >= 0.3 is 0 Å². The minimum atomic E-state index is 1.01. The molecule has 0 saturated heterocycles. The maximum atomic E-state index is 5.21. The van der Waals surface area contributed by atoms with Crippen molar-refractivity contribution < 1.29 is 0 Å². The zero-order valence-corrected chi connectivity index (χ0v) is 23.7. The minimum Gasteiger partial charge on any atom is -0.248 e. The molecule has 0 spiro atoms. The average molecular weight is 536 g/mol. The van der Waals surface area contributed by atoms with E-state index in [2.05, 4.69) is 153 Å². The number of aromatic nitrogens is 1. The SMILES string of the molecule is Cc1ccc2c(-c3cc4ccccc4cc3-c3ccccc3)c3cc(C)ccc3c(-c3ccc4ccccc4n3)c2c1. The second kappa shape index (κ2) is 9.68. The molecule has 0 atom stereocenters. The van der Waals surface area contributed by atoms with Crippen LogP contribution in [0.2, 0.25) is 0 Å². The van der Waals surface area contributed by atoms with Crippen LogP contribution in [0.25, 0.3) is 76.7 Å². The highest BCUT2D eigenvalue weighted by Gasteiger charge is 2.21. The van der Waals surface area contributed by atoms with E-state index in [1.54, 1.807) is 0 Å². The summed E-state index contributed by atoms with van der Waals surface area (Å²) < 4.78 is 0. The smallest absolute Gasteiger partial charge is 0.0722 e. The molecule has 8 aromatic rings. The molecule has 0 bridgehead atoms. The van der Waals surface area contributed by atoms with Crippen LogP contribution in [0.1, 0.15) is 11.1 Å². The van der Waals surface area contributed by atoms with E-state index in [4.69, 9.17) is 4.98 Å². The van der Waals surface area contributed by atoms with E-state index in [0.29, 0.717) is 0 Å². The van der Waals surface area contributed by atoms with Crippen molar-refractivity contribution in [2.45, 2.75) is 13.8 Å². The Hall–Kier alpha value is -5.27. The van der Waals surface area contributed by atoms with Crippen LogP contribution in [0.15, 0.2) is 140 Å². The third kappa shape index (κ3) is 3.97. The third-order valence-corrected chi connectivity index (χ3v) is 8.52. The minimum absolute atomic E-state index is 1.01. The molecule has 0 unspecified atom stereocenters. The summed E-state index contributed by atoms with van der Waals surface area (Å²) in [5, 5.41) is 8.60. The lowest BCUT2D eigenvalue weighted by molar-refractivity contribution is 1.41. The quantitative estimate of drug-likeness (QED) is 0.205. The lowest BCUT2D eigenvalue weighted by atomic mass is 9.83. The fourth-order valence-corrected chi connectivity index (χ4v) is 6.53. The first-order chi connectivity index (χ1) is 20.6. The molecule has 7 aromatic carbocycles. The number of benzene rings is 7. The van der Waals surface area contributed by atoms with Gasteiger partial charge in [0, 0.05) is 10.9 Å². The average Bonchev–Trinajstić information content (AvgIpc) is 3.03. The Kier molecular flexibility index (Phi) is 5.65. The summed E-state index contributed by atoms with van der Waals surface area (Å²) in [6.07, 6.45) is 0. The summed E-state index contributed by atoms with van der Waals surface area (Å²) in [6, 6.07) is 50.8. The van der Waals surface area contributed by atoms with Gasteiger partial charge in [-0.2, -0.15) is 0 Å². The van der Waals surface area contributed by atoms with Gasteiger partial charge in [0.05, 0.1) is 11.2 Å². The highest BCUT2D eigenvalue weighted by molar-refractivity contribution is 6.23. The lowest BCUT2D eigenvalue weighted by Crippen LogP contribution is -1.95. The number of nitrogens with zero attached hydrogens (tertiary/aromatic N) is 1. The number of hydrogen-bond donors (Lipinski definition) is 0. The molecule has 0 radical (unpaired) electrons. The summed E-state index contributed by atoms with van der Waals surface area (Å²) in [6.45, 7) is 4.37. The molecule has 1 heterocycles. The Morgan fingerprint density at radius 1 is 0.405 bits per heavy atom. The van der Waals surface area contributed by atoms with E-state index in [1.165, 1.54) is 71.3 Å². The van der Waals surface area contributed by atoms with E-state index in [9.17, 15) is 0 Å². The van der Waals surface area contributed by atoms with Gasteiger partial charge in [0.2, 0.25) is 0 Å². The Labute approximate surface area is 245 Å². The highest BCUT2D eigenvalue weighted by atomic mass is 14.7. The lowest BCUT2D eigenvalue weighted by Gasteiger charge is -2.21. The van der Waals surface area contributed by atoms with Gasteiger partial charge in [-0.25, -0.2) is 4.98 Å². The van der Waals surface area contributed by atoms with Crippen LogP contribution >= 0.6 is 0 Å². The largest absolute Gasteiger partial charge is 0.248 e. The second-order valence-electron chi connectivity index (χ2n) is 11.3. The van der Waals surface area contributed by atoms with Gasteiger partial charge < -0.3 is 0 Å². The number of aryl methyl sites for hydroxylation is 2. The van der Waals surface area contributed by atoms with Gasteiger partial charge in [-0.1, -0.05) is 126 Å². The van der Waals surface area contributed by atoms with Crippen LogP contribution < -0.4 is 0 Å². The standard InChI is InChI=1S/C41H29N/c1-26-17-20-33-35(22-26)40(37-25-31-14-7-6-13-30(31)24-34(37)28-10-4-3-5-11-28)32-19-16-27(2)23-36(32)41(33)39-21-18-29-12-8-9-15-38(29)42-39/h3-25H,1-2H3. The summed E-state index contributed by atoms with van der Waals surface area (Å²) >= 11 is 0. The molecule has 1 nitrogen and oxygen atoms in total. The van der Waals surface area contributed by atoms with E-state index >= 15 is 0 Å². The first kappa shape index (κ1) is 24.5. The third-order valence-electron chi connectivity index (χ3n) is 8.52. The summed E-state index contributed by atoms with van der Waals surface area (Å²) in [5.41, 5.74) is 10.7. The number of hydrogen-bond acceptors (Lipinski definition) is 1. The predicted molar refractivity (Wildman–Crippen MR) is 180 cm³/mol. The fourth-order valence-electron chi connectivity index (χ4n) is 6.53. The molecule has 0 aliphatic carbocycles. The highest BCUT2D eigenvalue weighted by Crippen LogP contribution is 2.47. The van der Waals surface area contributed by atoms with Crippen LogP contribution in [0.5, 0.6) is 0 Å². The maximum absolute atomic E-state index is 5.21. The maximum Gasteiger partial charge on any atom is 0.0722 e. The van der Waals surface area contributed by atoms with Crippen molar-refractivity contribution in [3.05, 3.63) is 151 Å². The van der Waals surface area contributed by atoms with Gasteiger partial charge in [-0.3, -0.25) is 0 Å². The van der Waals surface area contributed by atoms with Crippen molar-refractivity contribution in [2.75, 3.05) is 0 Å². The normalized spacial score (nSPS) is 11.6. The van der Waals surface area contributed by atoms with Crippen molar-refractivity contribution in [2.24, 2.45) is 0 Å². The Balaban J connectivity index is 1.56. The predicted octanol–water partition coefficient (Wildman–Crippen LogP) is 11.3. The number of pyridine rings is 1.